The summed E-state index contributed by atoms with van der Waals surface area (Å²) < 4.78 is 8.71. The molecule has 0 radical (unpaired) electrons. The fraction of sp³-hybridized carbons (Fsp3) is 0. The molecule has 0 unspecified atom stereocenters. The van der Waals surface area contributed by atoms with E-state index in [1.807, 2.05) is 0 Å². The predicted molar refractivity (Wildman–Crippen MR) is 32.1 cm³/mol. The van der Waals surface area contributed by atoms with E-state index in [1.165, 1.54) is 12.1 Å². The molecule has 0 fully saturated rings. The molecule has 0 aliphatic heterocycles. The van der Waals surface area contributed by atoms with Crippen molar-refractivity contribution >= 4 is 18.3 Å². The van der Waals surface area contributed by atoms with Crippen molar-refractivity contribution in [2.24, 2.45) is 0 Å². The van der Waals surface area contributed by atoms with Crippen molar-refractivity contribution in [2.45, 2.75) is 5.09 Å². The molecule has 60 valence electrons. The van der Waals surface area contributed by atoms with E-state index in [9.17, 15) is 10.1 Å². The Labute approximate surface area is 94.4 Å². The van der Waals surface area contributed by atoms with E-state index in [4.69, 9.17) is 4.42 Å². The number of carbonyl (C=O) groups is 1. The summed E-state index contributed by atoms with van der Waals surface area (Å²) in [7, 11) is 0. The van der Waals surface area contributed by atoms with Gasteiger partial charge in [0.25, 0.3) is 0 Å². The topological polar surface area (TPSA) is 71.7 Å². The van der Waals surface area contributed by atoms with Crippen molar-refractivity contribution in [1.29, 1.82) is 0 Å². The number of rotatable bonds is 4. The van der Waals surface area contributed by atoms with Crippen molar-refractivity contribution in [1.82, 2.24) is 0 Å². The molecule has 1 heterocycles. The minimum Gasteiger partial charge on any atom is -0.691 e. The molecule has 0 aliphatic carbocycles. The second kappa shape index (κ2) is 6.67. The molecule has 0 saturated heterocycles. The Bertz CT molecular complexity index is 237. The van der Waals surface area contributed by atoms with Gasteiger partial charge in [-0.1, -0.05) is 0 Å². The number of aldehydes is 1. The molecule has 0 aromatic carbocycles. The van der Waals surface area contributed by atoms with Gasteiger partial charge >= 0.3 is 29.6 Å². The van der Waals surface area contributed by atoms with Crippen LogP contribution in [0.25, 0.3) is 0 Å². The third-order valence-corrected chi connectivity index (χ3v) is 1.37. The maximum atomic E-state index is 10.1. The Balaban J connectivity index is 0.00000121. The molecule has 1 rings (SSSR count). The van der Waals surface area contributed by atoms with E-state index in [0.717, 1.165) is 0 Å². The second-order valence-corrected chi connectivity index (χ2v) is 2.20. The van der Waals surface area contributed by atoms with Crippen molar-refractivity contribution in [3.05, 3.63) is 17.9 Å². The summed E-state index contributed by atoms with van der Waals surface area (Å²) in [6.07, 6.45) is 0.544. The third kappa shape index (κ3) is 3.72. The molecule has 12 heavy (non-hydrogen) atoms. The largest absolute Gasteiger partial charge is 1.00 e. The van der Waals surface area contributed by atoms with Gasteiger partial charge in [0.1, 0.15) is 12.0 Å². The van der Waals surface area contributed by atoms with Crippen LogP contribution in [0, 0.1) is 0 Å². The minimum atomic E-state index is 0. The zero-order valence-electron chi connectivity index (χ0n) is 6.18. The average Bonchev–Trinajstić information content (AvgIpc) is 2.48. The minimum absolute atomic E-state index is 0. The molecule has 0 aliphatic rings. The molecular formula is C5H3NaO5S. The van der Waals surface area contributed by atoms with E-state index >= 15 is 0 Å². The van der Waals surface area contributed by atoms with Crippen molar-refractivity contribution < 1.29 is 53.4 Å². The number of furan rings is 1. The average molecular weight is 198 g/mol. The first-order valence-corrected chi connectivity index (χ1v) is 3.29. The number of hydrogen-bond acceptors (Lipinski definition) is 6. The molecule has 1 aromatic heterocycles. The van der Waals surface area contributed by atoms with Gasteiger partial charge in [-0.3, -0.25) is 9.83 Å². The molecule has 0 N–H and O–H groups in total. The molecular weight excluding hydrogens is 195 g/mol. The molecule has 5 nitrogen and oxygen atoms in total. The normalized spacial score (nSPS) is 9.08. The van der Waals surface area contributed by atoms with Crippen molar-refractivity contribution in [2.75, 3.05) is 0 Å². The Kier molecular flexibility index (Phi) is 6.77. The van der Waals surface area contributed by atoms with E-state index in [0.29, 0.717) is 18.3 Å². The fourth-order valence-corrected chi connectivity index (χ4v) is 0.839. The maximum absolute atomic E-state index is 10.1. The Morgan fingerprint density at radius 2 is 2.33 bits per heavy atom. The van der Waals surface area contributed by atoms with Gasteiger partial charge < -0.3 is 9.67 Å². The van der Waals surface area contributed by atoms with Crippen LogP contribution >= 0.6 is 12.0 Å². The first-order chi connectivity index (χ1) is 5.36. The quantitative estimate of drug-likeness (QED) is 0.173. The molecule has 0 spiro atoms. The number of carbonyl (C=O) groups excluding carboxylic acids is 1. The predicted octanol–water partition coefficient (Wildman–Crippen LogP) is -2.67. The van der Waals surface area contributed by atoms with Gasteiger partial charge in [-0.2, -0.15) is 4.33 Å². The van der Waals surface area contributed by atoms with Crippen LogP contribution in [0.2, 0.25) is 0 Å². The van der Waals surface area contributed by atoms with Crippen LogP contribution in [-0.4, -0.2) is 6.29 Å². The van der Waals surface area contributed by atoms with Gasteiger partial charge in [-0.15, -0.1) is 0 Å². The van der Waals surface area contributed by atoms with Crippen LogP contribution in [0.3, 0.4) is 0 Å². The van der Waals surface area contributed by atoms with Gasteiger partial charge in [0.15, 0.2) is 17.1 Å². The molecule has 0 saturated carbocycles. The summed E-state index contributed by atoms with van der Waals surface area (Å²) in [6.45, 7) is 0. The SMILES string of the molecule is O=Cc1ccc(SOO[O-])o1.[Na+]. The van der Waals surface area contributed by atoms with Gasteiger partial charge in [-0.05, 0) is 12.1 Å². The summed E-state index contributed by atoms with van der Waals surface area (Å²) in [5.41, 5.74) is 0. The van der Waals surface area contributed by atoms with Crippen molar-refractivity contribution in [3.8, 4) is 0 Å². The Hall–Kier alpha value is 0.180. The van der Waals surface area contributed by atoms with Gasteiger partial charge in [-0.25, -0.2) is 0 Å². The third-order valence-electron chi connectivity index (χ3n) is 0.862. The van der Waals surface area contributed by atoms with Crippen molar-refractivity contribution in [3.63, 3.8) is 0 Å². The molecule has 0 bridgehead atoms. The van der Waals surface area contributed by atoms with Crippen LogP contribution in [0.4, 0.5) is 0 Å². The summed E-state index contributed by atoms with van der Waals surface area (Å²) >= 11 is 0.596. The smallest absolute Gasteiger partial charge is 0.691 e. The maximum Gasteiger partial charge on any atom is 1.00 e. The monoisotopic (exact) mass is 198 g/mol. The molecule has 7 heteroatoms. The van der Waals surface area contributed by atoms with Gasteiger partial charge in [0.2, 0.25) is 0 Å². The van der Waals surface area contributed by atoms with E-state index < -0.39 is 0 Å². The fourth-order valence-electron chi connectivity index (χ4n) is 0.490. The Morgan fingerprint density at radius 3 is 2.83 bits per heavy atom. The number of hydrogen-bond donors (Lipinski definition) is 0. The molecule has 0 amide bonds. The first-order valence-electron chi connectivity index (χ1n) is 2.55. The zero-order chi connectivity index (χ0) is 8.10. The van der Waals surface area contributed by atoms with Gasteiger partial charge in [0.05, 0.1) is 0 Å². The van der Waals surface area contributed by atoms with Crippen LogP contribution in [0.1, 0.15) is 10.6 Å². The summed E-state index contributed by atoms with van der Waals surface area (Å²) in [6, 6.07) is 2.93. The van der Waals surface area contributed by atoms with E-state index in [2.05, 4.69) is 9.37 Å². The van der Waals surface area contributed by atoms with E-state index in [1.54, 1.807) is 0 Å². The van der Waals surface area contributed by atoms with Crippen LogP contribution in [0.15, 0.2) is 21.6 Å². The summed E-state index contributed by atoms with van der Waals surface area (Å²) in [5, 5.41) is 12.7. The first kappa shape index (κ1) is 12.2. The van der Waals surface area contributed by atoms with Gasteiger partial charge in [0, 0.05) is 0 Å². The standard InChI is InChI=1S/C5H4O5S.Na/c6-3-4-1-2-5(8-4)11-10-9-7;/h1-3,7H;/q;+1/p-1. The Morgan fingerprint density at radius 1 is 1.58 bits per heavy atom. The second-order valence-electron chi connectivity index (χ2n) is 1.49. The molecule has 0 atom stereocenters. The summed E-state index contributed by atoms with van der Waals surface area (Å²) in [5.74, 6) is 0.169. The molecule has 1 aromatic rings. The van der Waals surface area contributed by atoms with Crippen LogP contribution in [-0.2, 0) is 9.37 Å². The summed E-state index contributed by atoms with van der Waals surface area (Å²) in [4.78, 5) is 10.1. The van der Waals surface area contributed by atoms with Crippen LogP contribution < -0.4 is 34.8 Å². The van der Waals surface area contributed by atoms with E-state index in [-0.39, 0.29) is 40.4 Å². The van der Waals surface area contributed by atoms with Crippen LogP contribution in [0.5, 0.6) is 0 Å². The zero-order valence-corrected chi connectivity index (χ0v) is 9.00.